The van der Waals surface area contributed by atoms with E-state index >= 15 is 0 Å². The van der Waals surface area contributed by atoms with Crippen molar-refractivity contribution in [3.63, 3.8) is 0 Å². The smallest absolute Gasteiger partial charge is 0.0453 e. The van der Waals surface area contributed by atoms with Crippen LogP contribution in [0.5, 0.6) is 0 Å². The third-order valence-electron chi connectivity index (χ3n) is 2.16. The van der Waals surface area contributed by atoms with Crippen molar-refractivity contribution in [1.29, 1.82) is 0 Å². The minimum atomic E-state index is 0.193. The van der Waals surface area contributed by atoms with E-state index < -0.39 is 0 Å². The van der Waals surface area contributed by atoms with Gasteiger partial charge in [-0.3, -0.25) is 0 Å². The summed E-state index contributed by atoms with van der Waals surface area (Å²) >= 11 is 11.8. The molecule has 78 valence electrons. The fraction of sp³-hybridized carbons (Fsp3) is 0.455. The van der Waals surface area contributed by atoms with Crippen molar-refractivity contribution in [3.05, 3.63) is 33.8 Å². The fourth-order valence-electron chi connectivity index (χ4n) is 1.44. The third-order valence-corrected chi connectivity index (χ3v) is 2.74. The number of halogens is 2. The summed E-state index contributed by atoms with van der Waals surface area (Å²) in [5, 5.41) is 1.38. The van der Waals surface area contributed by atoms with Crippen LogP contribution in [-0.4, -0.2) is 6.04 Å². The molecular formula is C11H15Cl2N. The van der Waals surface area contributed by atoms with Crippen LogP contribution >= 0.6 is 23.2 Å². The van der Waals surface area contributed by atoms with Gasteiger partial charge in [-0.05, 0) is 30.5 Å². The lowest BCUT2D eigenvalue weighted by atomic mass is 10.0. The molecule has 3 heteroatoms. The molecule has 1 nitrogen and oxygen atoms in total. The van der Waals surface area contributed by atoms with E-state index in [2.05, 4.69) is 6.92 Å². The Balaban J connectivity index is 2.67. The average molecular weight is 232 g/mol. The Morgan fingerprint density at radius 3 is 2.64 bits per heavy atom. The largest absolute Gasteiger partial charge is 0.327 e. The summed E-state index contributed by atoms with van der Waals surface area (Å²) < 4.78 is 0. The molecule has 0 bridgehead atoms. The molecule has 0 radical (unpaired) electrons. The maximum absolute atomic E-state index is 6.03. The second kappa shape index (κ2) is 5.59. The zero-order chi connectivity index (χ0) is 10.6. The Morgan fingerprint density at radius 2 is 2.07 bits per heavy atom. The van der Waals surface area contributed by atoms with E-state index in [9.17, 15) is 0 Å². The van der Waals surface area contributed by atoms with Crippen molar-refractivity contribution in [2.75, 3.05) is 0 Å². The summed E-state index contributed by atoms with van der Waals surface area (Å²) in [5.74, 6) is 0. The van der Waals surface area contributed by atoms with E-state index in [1.807, 2.05) is 12.1 Å². The van der Waals surface area contributed by atoms with E-state index in [-0.39, 0.29) is 6.04 Å². The first-order valence-corrected chi connectivity index (χ1v) is 5.58. The quantitative estimate of drug-likeness (QED) is 0.842. The summed E-state index contributed by atoms with van der Waals surface area (Å²) in [4.78, 5) is 0. The molecule has 0 aliphatic heterocycles. The molecule has 1 aromatic carbocycles. The molecule has 14 heavy (non-hydrogen) atoms. The number of hydrogen-bond acceptors (Lipinski definition) is 1. The Labute approximate surface area is 95.2 Å². The first kappa shape index (κ1) is 11.8. The zero-order valence-electron chi connectivity index (χ0n) is 8.26. The molecular weight excluding hydrogens is 217 g/mol. The normalized spacial score (nSPS) is 12.9. The van der Waals surface area contributed by atoms with Gasteiger partial charge in [-0.25, -0.2) is 0 Å². The van der Waals surface area contributed by atoms with E-state index in [1.165, 1.54) is 0 Å². The van der Waals surface area contributed by atoms with Gasteiger partial charge in [-0.2, -0.15) is 0 Å². The first-order chi connectivity index (χ1) is 6.63. The minimum Gasteiger partial charge on any atom is -0.327 e. The van der Waals surface area contributed by atoms with Gasteiger partial charge in [0.2, 0.25) is 0 Å². The van der Waals surface area contributed by atoms with E-state index in [1.54, 1.807) is 6.07 Å². The summed E-state index contributed by atoms with van der Waals surface area (Å²) in [7, 11) is 0. The number of benzene rings is 1. The lowest BCUT2D eigenvalue weighted by Gasteiger charge is -2.11. The van der Waals surface area contributed by atoms with Gasteiger partial charge < -0.3 is 5.73 Å². The van der Waals surface area contributed by atoms with Crippen LogP contribution in [0.2, 0.25) is 10.0 Å². The summed E-state index contributed by atoms with van der Waals surface area (Å²) in [6.07, 6.45) is 2.95. The highest BCUT2D eigenvalue weighted by atomic mass is 35.5. The van der Waals surface area contributed by atoms with Gasteiger partial charge >= 0.3 is 0 Å². The van der Waals surface area contributed by atoms with Crippen LogP contribution in [0, 0.1) is 0 Å². The summed E-state index contributed by atoms with van der Waals surface area (Å²) in [5.41, 5.74) is 7.01. The van der Waals surface area contributed by atoms with Crippen molar-refractivity contribution in [3.8, 4) is 0 Å². The fourth-order valence-corrected chi connectivity index (χ4v) is 1.93. The van der Waals surface area contributed by atoms with Crippen molar-refractivity contribution in [2.24, 2.45) is 5.73 Å². The molecule has 2 N–H and O–H groups in total. The molecule has 1 rings (SSSR count). The minimum absolute atomic E-state index is 0.193. The Kier molecular flexibility index (Phi) is 4.73. The topological polar surface area (TPSA) is 26.0 Å². The second-order valence-corrected chi connectivity index (χ2v) is 4.33. The lowest BCUT2D eigenvalue weighted by molar-refractivity contribution is 0.600. The highest BCUT2D eigenvalue weighted by Crippen LogP contribution is 2.22. The van der Waals surface area contributed by atoms with Crippen LogP contribution in [0.4, 0.5) is 0 Å². The standard InChI is InChI=1S/C11H15Cl2N/c1-2-3-10(14)6-8-4-5-9(12)7-11(8)13/h4-5,7,10H,2-3,6,14H2,1H3/t10-/m0/s1. The molecule has 0 unspecified atom stereocenters. The van der Waals surface area contributed by atoms with Gasteiger partial charge in [-0.1, -0.05) is 42.6 Å². The van der Waals surface area contributed by atoms with Crippen molar-refractivity contribution < 1.29 is 0 Å². The van der Waals surface area contributed by atoms with E-state index in [0.717, 1.165) is 24.8 Å². The molecule has 0 saturated heterocycles. The van der Waals surface area contributed by atoms with Crippen molar-refractivity contribution >= 4 is 23.2 Å². The van der Waals surface area contributed by atoms with Crippen LogP contribution in [-0.2, 0) is 6.42 Å². The van der Waals surface area contributed by atoms with E-state index in [4.69, 9.17) is 28.9 Å². The number of nitrogens with two attached hydrogens (primary N) is 1. The van der Waals surface area contributed by atoms with Crippen LogP contribution in [0.25, 0.3) is 0 Å². The summed E-state index contributed by atoms with van der Waals surface area (Å²) in [6.45, 7) is 2.13. The van der Waals surface area contributed by atoms with Crippen LogP contribution in [0.1, 0.15) is 25.3 Å². The second-order valence-electron chi connectivity index (χ2n) is 3.49. The molecule has 1 aromatic rings. The average Bonchev–Trinajstić information content (AvgIpc) is 2.10. The van der Waals surface area contributed by atoms with Gasteiger partial charge in [0.1, 0.15) is 0 Å². The zero-order valence-corrected chi connectivity index (χ0v) is 9.78. The molecule has 0 aromatic heterocycles. The Bertz CT molecular complexity index is 299. The number of hydrogen-bond donors (Lipinski definition) is 1. The van der Waals surface area contributed by atoms with Crippen molar-refractivity contribution in [2.45, 2.75) is 32.2 Å². The molecule has 1 atom stereocenters. The van der Waals surface area contributed by atoms with Gasteiger partial charge in [0.25, 0.3) is 0 Å². The predicted octanol–water partition coefficient (Wildman–Crippen LogP) is 3.66. The van der Waals surface area contributed by atoms with Gasteiger partial charge in [0.05, 0.1) is 0 Å². The maximum Gasteiger partial charge on any atom is 0.0453 e. The SMILES string of the molecule is CCC[C@H](N)Cc1ccc(Cl)cc1Cl. The van der Waals surface area contributed by atoms with Gasteiger partial charge in [0.15, 0.2) is 0 Å². The molecule has 0 aliphatic rings. The molecule has 0 amide bonds. The van der Waals surface area contributed by atoms with Gasteiger partial charge in [0, 0.05) is 16.1 Å². The van der Waals surface area contributed by atoms with Crippen LogP contribution < -0.4 is 5.73 Å². The first-order valence-electron chi connectivity index (χ1n) is 4.83. The Hall–Kier alpha value is -0.240. The molecule has 0 spiro atoms. The van der Waals surface area contributed by atoms with Gasteiger partial charge in [-0.15, -0.1) is 0 Å². The molecule has 0 fully saturated rings. The number of rotatable bonds is 4. The maximum atomic E-state index is 6.03. The third kappa shape index (κ3) is 3.49. The predicted molar refractivity (Wildman–Crippen MR) is 63.0 cm³/mol. The Morgan fingerprint density at radius 1 is 1.36 bits per heavy atom. The molecule has 0 heterocycles. The molecule has 0 aliphatic carbocycles. The summed E-state index contributed by atoms with van der Waals surface area (Å²) in [6, 6.07) is 5.75. The highest BCUT2D eigenvalue weighted by molar-refractivity contribution is 6.35. The lowest BCUT2D eigenvalue weighted by Crippen LogP contribution is -2.22. The van der Waals surface area contributed by atoms with E-state index in [0.29, 0.717) is 10.0 Å². The van der Waals surface area contributed by atoms with Crippen molar-refractivity contribution in [1.82, 2.24) is 0 Å². The van der Waals surface area contributed by atoms with Crippen LogP contribution in [0.15, 0.2) is 18.2 Å². The highest BCUT2D eigenvalue weighted by Gasteiger charge is 2.06. The van der Waals surface area contributed by atoms with Crippen LogP contribution in [0.3, 0.4) is 0 Å². The monoisotopic (exact) mass is 231 g/mol. The molecule has 0 saturated carbocycles.